The zero-order chi connectivity index (χ0) is 60.2. The lowest BCUT2D eigenvalue weighted by atomic mass is 9.88. The van der Waals surface area contributed by atoms with Gasteiger partial charge in [0.1, 0.15) is 11.3 Å². The van der Waals surface area contributed by atoms with E-state index in [-0.39, 0.29) is 152 Å². The van der Waals surface area contributed by atoms with Gasteiger partial charge in [0.15, 0.2) is 5.78 Å². The Bertz CT molecular complexity index is 2440. The molecule has 3 rings (SSSR count). The molecule has 0 aliphatic rings. The van der Waals surface area contributed by atoms with Gasteiger partial charge in [0, 0.05) is 110 Å². The fourth-order valence-electron chi connectivity index (χ4n) is 7.30. The summed E-state index contributed by atoms with van der Waals surface area (Å²) >= 11 is -3.61. The molecule has 0 saturated carbocycles. The Morgan fingerprint density at radius 2 is 0.915 bits per heavy atom. The van der Waals surface area contributed by atoms with E-state index in [1.165, 1.54) is 48.5 Å². The summed E-state index contributed by atoms with van der Waals surface area (Å²) in [6.07, 6.45) is 2.26. The lowest BCUT2D eigenvalue weighted by Gasteiger charge is -2.34. The first-order valence-electron chi connectivity index (χ1n) is 26.4. The minimum absolute atomic E-state index is 0.0210. The molecule has 0 heterocycles. The molecule has 2 unspecified atom stereocenters. The van der Waals surface area contributed by atoms with Crippen LogP contribution in [0.25, 0.3) is 0 Å². The van der Waals surface area contributed by atoms with E-state index in [1.54, 1.807) is 45.0 Å². The Labute approximate surface area is 486 Å². The van der Waals surface area contributed by atoms with Crippen molar-refractivity contribution in [1.82, 2.24) is 31.9 Å². The Kier molecular flexibility index (Phi) is 33.5. The first-order chi connectivity index (χ1) is 39.2. The zero-order valence-electron chi connectivity index (χ0n) is 46.3. The molecular weight excluding hydrogens is 1130 g/mol. The van der Waals surface area contributed by atoms with Crippen LogP contribution in [-0.4, -0.2) is 142 Å². The molecule has 82 heavy (non-hydrogen) atoms. The molecule has 12 N–H and O–H groups in total. The van der Waals surface area contributed by atoms with Crippen molar-refractivity contribution in [3.05, 3.63) is 89.5 Å². The number of ketones is 2. The van der Waals surface area contributed by atoms with Crippen LogP contribution < -0.4 is 47.2 Å². The summed E-state index contributed by atoms with van der Waals surface area (Å²) in [5.74, 6) is 2.56. The van der Waals surface area contributed by atoms with Crippen molar-refractivity contribution >= 4 is 93.0 Å². The van der Waals surface area contributed by atoms with Gasteiger partial charge < -0.3 is 46.1 Å². The van der Waals surface area contributed by atoms with Crippen molar-refractivity contribution in [1.29, 1.82) is 0 Å². The zero-order valence-corrected chi connectivity index (χ0v) is 48.8. The molecule has 2 atom stereocenters. The maximum Gasteiger partial charge on any atom is 0.259 e. The van der Waals surface area contributed by atoms with Crippen molar-refractivity contribution < 1.29 is 79.4 Å². The van der Waals surface area contributed by atoms with E-state index in [2.05, 4.69) is 50.7 Å². The van der Waals surface area contributed by atoms with Gasteiger partial charge >= 0.3 is 0 Å². The predicted octanol–water partition coefficient (Wildman–Crippen LogP) is 3.82. The molecule has 0 radical (unpaired) electrons. The second kappa shape index (κ2) is 39.3. The van der Waals surface area contributed by atoms with E-state index >= 15 is 0 Å². The molecule has 29 heteroatoms. The number of anilines is 2. The number of ether oxygens (including phenoxy) is 3. The third kappa shape index (κ3) is 30.7. The number of hydrogen-bond donors (Lipinski definition) is 11. The van der Waals surface area contributed by atoms with Crippen LogP contribution >= 0.6 is 12.0 Å². The highest BCUT2D eigenvalue weighted by molar-refractivity contribution is 7.94. The van der Waals surface area contributed by atoms with Gasteiger partial charge in [-0.1, -0.05) is 32.9 Å². The number of amides is 6. The summed E-state index contributed by atoms with van der Waals surface area (Å²) < 4.78 is 67.1. The van der Waals surface area contributed by atoms with Gasteiger partial charge in [-0.15, -0.1) is 9.32 Å². The van der Waals surface area contributed by atoms with Crippen LogP contribution in [0, 0.1) is 5.41 Å². The average Bonchev–Trinajstić information content (AvgIpc) is 3.52. The van der Waals surface area contributed by atoms with Crippen LogP contribution in [0.2, 0.25) is 0 Å². The summed E-state index contributed by atoms with van der Waals surface area (Å²) in [4.78, 5) is 107. The third-order valence-electron chi connectivity index (χ3n) is 11.7. The van der Waals surface area contributed by atoms with Crippen LogP contribution in [0.15, 0.2) is 77.7 Å². The second-order valence-corrected chi connectivity index (χ2v) is 21.7. The van der Waals surface area contributed by atoms with E-state index in [0.29, 0.717) is 65.2 Å². The Morgan fingerprint density at radius 3 is 1.33 bits per heavy atom. The summed E-state index contributed by atoms with van der Waals surface area (Å²) in [5.41, 5.74) is -0.107. The van der Waals surface area contributed by atoms with Gasteiger partial charge in [-0.3, -0.25) is 56.9 Å². The summed E-state index contributed by atoms with van der Waals surface area (Å²) in [7, 11) is 0. The fraction of sp³-hybridized carbons (Fsp3) is 0.509. The monoisotopic (exact) mass is 1210 g/mol. The van der Waals surface area contributed by atoms with Crippen LogP contribution in [-0.2, 0) is 70.0 Å². The first-order valence-corrected chi connectivity index (χ1v) is 29.4. The van der Waals surface area contributed by atoms with Crippen molar-refractivity contribution in [3.8, 4) is 0 Å². The summed E-state index contributed by atoms with van der Waals surface area (Å²) in [5, 5.41) is 16.8. The average molecular weight is 1210 g/mol. The van der Waals surface area contributed by atoms with E-state index < -0.39 is 39.4 Å². The highest BCUT2D eigenvalue weighted by Crippen LogP contribution is 2.21. The van der Waals surface area contributed by atoms with Crippen molar-refractivity contribution in [2.24, 2.45) is 11.3 Å². The van der Waals surface area contributed by atoms with Crippen LogP contribution in [0.4, 0.5) is 11.4 Å². The van der Waals surface area contributed by atoms with E-state index in [4.69, 9.17) is 29.2 Å². The number of carbonyl (C=O) groups is 8. The molecule has 0 aliphatic carbocycles. The van der Waals surface area contributed by atoms with E-state index in [9.17, 15) is 46.8 Å². The molecule has 0 aromatic heterocycles. The molecule has 0 aliphatic heterocycles. The Hall–Kier alpha value is -6.25. The van der Waals surface area contributed by atoms with E-state index in [0.717, 1.165) is 12.0 Å². The number of hydrogen-bond acceptors (Lipinski definition) is 17. The smallest absolute Gasteiger partial charge is 0.259 e. The summed E-state index contributed by atoms with van der Waals surface area (Å²) in [6.45, 7) is 5.64. The number of carbonyl (C=O) groups excluding carboxylic acids is 8. The molecule has 3 aromatic carbocycles. The maximum atomic E-state index is 13.6. The van der Waals surface area contributed by atoms with Gasteiger partial charge in [0.2, 0.25) is 23.6 Å². The van der Waals surface area contributed by atoms with Crippen LogP contribution in [0.1, 0.15) is 122 Å². The number of unbranched alkanes of at least 4 members (excludes halogenated alkanes) is 1. The van der Waals surface area contributed by atoms with Gasteiger partial charge in [-0.25, -0.2) is 8.42 Å². The fourth-order valence-corrected chi connectivity index (χ4v) is 8.34. The summed E-state index contributed by atoms with van der Waals surface area (Å²) in [6, 6.07) is 18.6. The van der Waals surface area contributed by atoms with Gasteiger partial charge in [-0.05, 0) is 92.8 Å². The molecular formula is C53H77N9O17S3. The molecule has 0 bridgehead atoms. The third-order valence-corrected chi connectivity index (χ3v) is 13.2. The highest BCUT2D eigenvalue weighted by Gasteiger charge is 2.34. The van der Waals surface area contributed by atoms with Crippen LogP contribution in [0.3, 0.4) is 0 Å². The van der Waals surface area contributed by atoms with Gasteiger partial charge in [0.25, 0.3) is 34.3 Å². The number of Topliss-reactive ketones (excluding diaryl/α,β-unsaturated/α-hetero) is 2. The Morgan fingerprint density at radius 1 is 0.500 bits per heavy atom. The predicted molar refractivity (Wildman–Crippen MR) is 307 cm³/mol. The van der Waals surface area contributed by atoms with Crippen molar-refractivity contribution in [2.45, 2.75) is 102 Å². The van der Waals surface area contributed by atoms with Gasteiger partial charge in [0.05, 0.1) is 51.7 Å². The number of benzene rings is 3. The SMILES string of the molecule is CC(C)(C)C(=O)CCCC(=O)NC(COCCC(=O)NCCCCC(=O)c1ccc(SOON)cc1)(COCCC(=O)NCCCNC(=O)c1ccc(NS(=O)O)cc1)COCCC(=O)NCCCNC(=O)c1ccc(NS(=O)O)cc1. The second-order valence-electron chi connectivity index (χ2n) is 19.5. The molecule has 6 amide bonds. The Balaban J connectivity index is 1.57. The normalized spacial score (nSPS) is 12.7. The topological polar surface area (TPSA) is 380 Å². The largest absolute Gasteiger partial charge is 0.378 e. The van der Waals surface area contributed by atoms with Crippen LogP contribution in [0.5, 0.6) is 0 Å². The standard InChI is InChI=1S/C53H77N9O17S3/c1-52(2,3)45(64)10-6-11-49(68)60-53(35-75-32-24-46(65)55-27-5-4-9-44(63)38-16-22-43(23-17-38)80-79-78-54,36-76-33-25-47(66)56-28-7-30-58-50(69)39-12-18-41(19-13-39)61-81(71)72)37-77-34-26-48(67)57-29-8-31-59-51(70)40-14-20-42(21-15-40)62-82(73)74/h12-23,61-62H,4-11,24-37,54H2,1-3H3,(H,55,65)(H,56,66)(H,57,67)(H,58,69)(H,59,70)(H,60,68)(H,71,72)(H,73,74). The number of nitrogens with one attached hydrogen (secondary N) is 8. The molecule has 0 saturated heterocycles. The first kappa shape index (κ1) is 70.0. The van der Waals surface area contributed by atoms with Gasteiger partial charge in [-0.2, -0.15) is 5.90 Å². The maximum absolute atomic E-state index is 13.6. The molecule has 26 nitrogen and oxygen atoms in total. The molecule has 3 aromatic rings. The van der Waals surface area contributed by atoms with Crippen molar-refractivity contribution in [2.75, 3.05) is 81.8 Å². The molecule has 0 fully saturated rings. The minimum Gasteiger partial charge on any atom is -0.378 e. The molecule has 0 spiro atoms. The highest BCUT2D eigenvalue weighted by atomic mass is 32.2. The molecule has 454 valence electrons. The number of rotatable bonds is 43. The quantitative estimate of drug-likeness (QED) is 0.00958. The number of nitrogens with two attached hydrogens (primary N) is 1. The van der Waals surface area contributed by atoms with E-state index in [1.807, 2.05) is 0 Å². The lowest BCUT2D eigenvalue weighted by Crippen LogP contribution is -2.58. The lowest BCUT2D eigenvalue weighted by molar-refractivity contribution is -0.195. The van der Waals surface area contributed by atoms with Crippen molar-refractivity contribution in [3.63, 3.8) is 0 Å². The minimum atomic E-state index is -2.26.